The molecule has 1 amide bonds. The lowest BCUT2D eigenvalue weighted by atomic mass is 9.49. The smallest absolute Gasteiger partial charge is 0.326 e. The quantitative estimate of drug-likeness (QED) is 0.815. The van der Waals surface area contributed by atoms with Gasteiger partial charge in [-0.15, -0.1) is 0 Å². The molecule has 0 aromatic heterocycles. The van der Waals surface area contributed by atoms with Crippen molar-refractivity contribution in [3.8, 4) is 6.07 Å². The van der Waals surface area contributed by atoms with E-state index in [9.17, 15) is 14.7 Å². The van der Waals surface area contributed by atoms with E-state index in [-0.39, 0.29) is 23.7 Å². The summed E-state index contributed by atoms with van der Waals surface area (Å²) in [5.41, 5.74) is -0.335. The van der Waals surface area contributed by atoms with Gasteiger partial charge in [0.1, 0.15) is 6.04 Å². The van der Waals surface area contributed by atoms with Gasteiger partial charge in [0.2, 0.25) is 5.91 Å². The number of nitrogens with zero attached hydrogens (tertiary/aromatic N) is 1. The molecule has 5 heteroatoms. The lowest BCUT2D eigenvalue weighted by molar-refractivity contribution is -0.151. The van der Waals surface area contributed by atoms with Crippen molar-refractivity contribution in [3.63, 3.8) is 0 Å². The Morgan fingerprint density at radius 2 is 1.73 bits per heavy atom. The maximum absolute atomic E-state index is 12.8. The van der Waals surface area contributed by atoms with Gasteiger partial charge in [0, 0.05) is 11.3 Å². The third kappa shape index (κ3) is 2.71. The van der Waals surface area contributed by atoms with Crippen molar-refractivity contribution in [1.29, 1.82) is 5.26 Å². The molecule has 5 nitrogen and oxygen atoms in total. The average molecular weight is 304 g/mol. The molecule has 4 bridgehead atoms. The van der Waals surface area contributed by atoms with Crippen molar-refractivity contribution in [2.24, 2.45) is 29.1 Å². The lowest BCUT2D eigenvalue weighted by Gasteiger charge is -2.55. The fourth-order valence-corrected chi connectivity index (χ4v) is 5.33. The molecule has 4 aliphatic rings. The summed E-state index contributed by atoms with van der Waals surface area (Å²) < 4.78 is 0. The van der Waals surface area contributed by atoms with Crippen molar-refractivity contribution in [2.75, 3.05) is 0 Å². The van der Waals surface area contributed by atoms with Crippen molar-refractivity contribution >= 4 is 11.9 Å². The fourth-order valence-electron chi connectivity index (χ4n) is 5.33. The summed E-state index contributed by atoms with van der Waals surface area (Å²) in [5, 5.41) is 20.9. The molecule has 2 N–H and O–H groups in total. The highest BCUT2D eigenvalue weighted by atomic mass is 16.4. The van der Waals surface area contributed by atoms with Gasteiger partial charge >= 0.3 is 5.97 Å². The van der Waals surface area contributed by atoms with Crippen LogP contribution < -0.4 is 5.32 Å². The van der Waals surface area contributed by atoms with Gasteiger partial charge in [-0.25, -0.2) is 4.79 Å². The molecular weight excluding hydrogens is 280 g/mol. The molecule has 0 unspecified atom stereocenters. The van der Waals surface area contributed by atoms with Gasteiger partial charge < -0.3 is 10.4 Å². The van der Waals surface area contributed by atoms with E-state index in [0.29, 0.717) is 17.8 Å². The number of aliphatic carboxylic acids is 1. The van der Waals surface area contributed by atoms with Crippen LogP contribution in [0.1, 0.15) is 51.9 Å². The second-order valence-electron chi connectivity index (χ2n) is 7.83. The van der Waals surface area contributed by atoms with Gasteiger partial charge in [-0.05, 0) is 69.6 Å². The number of amides is 1. The first kappa shape index (κ1) is 15.3. The summed E-state index contributed by atoms with van der Waals surface area (Å²) in [6.07, 6.45) is 6.69. The van der Waals surface area contributed by atoms with E-state index in [1.54, 1.807) is 6.92 Å². The van der Waals surface area contributed by atoms with Crippen LogP contribution in [0.4, 0.5) is 0 Å². The van der Waals surface area contributed by atoms with Crippen molar-refractivity contribution in [3.05, 3.63) is 0 Å². The highest BCUT2D eigenvalue weighted by Gasteiger charge is 2.54. The van der Waals surface area contributed by atoms with Gasteiger partial charge in [-0.1, -0.05) is 0 Å². The first-order chi connectivity index (χ1) is 10.4. The van der Waals surface area contributed by atoms with Crippen LogP contribution in [0.2, 0.25) is 0 Å². The number of carbonyl (C=O) groups excluding carboxylic acids is 1. The van der Waals surface area contributed by atoms with Crippen molar-refractivity contribution < 1.29 is 14.7 Å². The molecule has 0 radical (unpaired) electrons. The molecule has 4 rings (SSSR count). The summed E-state index contributed by atoms with van der Waals surface area (Å²) in [5.74, 6) is 0.456. The highest BCUT2D eigenvalue weighted by molar-refractivity contribution is 5.87. The Labute approximate surface area is 131 Å². The lowest BCUT2D eigenvalue weighted by Crippen LogP contribution is -2.56. The Kier molecular flexibility index (Phi) is 3.88. The molecule has 0 aliphatic heterocycles. The number of nitriles is 1. The number of carboxylic acid groups (broad SMARTS) is 1. The van der Waals surface area contributed by atoms with Gasteiger partial charge in [-0.2, -0.15) is 5.26 Å². The molecule has 22 heavy (non-hydrogen) atoms. The molecular formula is C17H24N2O3. The van der Waals surface area contributed by atoms with Gasteiger partial charge in [0.15, 0.2) is 0 Å². The molecule has 120 valence electrons. The molecule has 4 fully saturated rings. The van der Waals surface area contributed by atoms with Gasteiger partial charge in [0.25, 0.3) is 0 Å². The first-order valence-electron chi connectivity index (χ1n) is 8.35. The summed E-state index contributed by atoms with van der Waals surface area (Å²) in [6.45, 7) is 1.69. The number of rotatable bonds is 5. The van der Waals surface area contributed by atoms with Crippen LogP contribution in [-0.2, 0) is 9.59 Å². The van der Waals surface area contributed by atoms with Crippen LogP contribution in [0.25, 0.3) is 0 Å². The summed E-state index contributed by atoms with van der Waals surface area (Å²) in [7, 11) is 0. The normalized spacial score (nSPS) is 38.1. The molecule has 0 saturated heterocycles. The van der Waals surface area contributed by atoms with Gasteiger partial charge in [-0.3, -0.25) is 4.79 Å². The molecule has 0 aromatic carbocycles. The second-order valence-corrected chi connectivity index (χ2v) is 7.83. The van der Waals surface area contributed by atoms with E-state index in [1.807, 2.05) is 6.07 Å². The second kappa shape index (κ2) is 5.57. The third-order valence-electron chi connectivity index (χ3n) is 5.93. The van der Waals surface area contributed by atoms with Crippen LogP contribution in [0.3, 0.4) is 0 Å². The fraction of sp³-hybridized carbons (Fsp3) is 0.824. The third-order valence-corrected chi connectivity index (χ3v) is 5.93. The largest absolute Gasteiger partial charge is 0.480 e. The molecule has 2 atom stereocenters. The summed E-state index contributed by atoms with van der Waals surface area (Å²) in [4.78, 5) is 24.2. The molecule has 0 heterocycles. The van der Waals surface area contributed by atoms with Crippen molar-refractivity contribution in [2.45, 2.75) is 57.9 Å². The zero-order valence-electron chi connectivity index (χ0n) is 13.0. The van der Waals surface area contributed by atoms with Crippen LogP contribution in [0.15, 0.2) is 0 Å². The zero-order valence-corrected chi connectivity index (χ0v) is 13.0. The monoisotopic (exact) mass is 304 g/mol. The standard InChI is InChI=1S/C17H24N2O3/c1-10(9-18)2-14(15(20)21)19-16(22)17-6-11-3-12(7-17)5-13(4-11)8-17/h10-14H,2-8H2,1H3,(H,19,22)(H,20,21)/t10-,11?,12?,13?,14-,17?/m1/s1. The van der Waals surface area contributed by atoms with Crippen LogP contribution in [-0.4, -0.2) is 23.0 Å². The maximum atomic E-state index is 12.8. The van der Waals surface area contributed by atoms with E-state index in [1.165, 1.54) is 19.3 Å². The number of carboxylic acids is 1. The molecule has 4 saturated carbocycles. The molecule has 0 aromatic rings. The van der Waals surface area contributed by atoms with E-state index in [2.05, 4.69) is 5.32 Å². The average Bonchev–Trinajstić information content (AvgIpc) is 2.44. The van der Waals surface area contributed by atoms with E-state index < -0.39 is 12.0 Å². The Morgan fingerprint density at radius 1 is 1.23 bits per heavy atom. The predicted octanol–water partition coefficient (Wildman–Crippen LogP) is 2.32. The minimum absolute atomic E-state index is 0.0795. The summed E-state index contributed by atoms with van der Waals surface area (Å²) >= 11 is 0. The molecule has 4 aliphatic carbocycles. The Balaban J connectivity index is 1.70. The minimum atomic E-state index is -1.04. The minimum Gasteiger partial charge on any atom is -0.480 e. The number of carbonyl (C=O) groups is 2. The van der Waals surface area contributed by atoms with Crippen LogP contribution >= 0.6 is 0 Å². The highest BCUT2D eigenvalue weighted by Crippen LogP contribution is 2.60. The van der Waals surface area contributed by atoms with E-state index in [0.717, 1.165) is 19.3 Å². The number of hydrogen-bond acceptors (Lipinski definition) is 3. The predicted molar refractivity (Wildman–Crippen MR) is 79.6 cm³/mol. The zero-order chi connectivity index (χ0) is 15.9. The Bertz CT molecular complexity index is 487. The van der Waals surface area contributed by atoms with E-state index in [4.69, 9.17) is 5.26 Å². The van der Waals surface area contributed by atoms with Gasteiger partial charge in [0.05, 0.1) is 6.07 Å². The van der Waals surface area contributed by atoms with Crippen LogP contribution in [0, 0.1) is 40.4 Å². The number of nitrogens with one attached hydrogen (secondary N) is 1. The van der Waals surface area contributed by atoms with Crippen LogP contribution in [0.5, 0.6) is 0 Å². The van der Waals surface area contributed by atoms with E-state index >= 15 is 0 Å². The van der Waals surface area contributed by atoms with Crippen molar-refractivity contribution in [1.82, 2.24) is 5.32 Å². The Hall–Kier alpha value is -1.57. The maximum Gasteiger partial charge on any atom is 0.326 e. The first-order valence-corrected chi connectivity index (χ1v) is 8.35. The SMILES string of the molecule is C[C@@H](C#N)C[C@@H](NC(=O)C12CC3CC(CC(C3)C1)C2)C(=O)O. The topological polar surface area (TPSA) is 90.2 Å². The summed E-state index contributed by atoms with van der Waals surface area (Å²) in [6, 6.07) is 1.10. The number of hydrogen-bond donors (Lipinski definition) is 2. The molecule has 0 spiro atoms. The Morgan fingerprint density at radius 3 is 2.14 bits per heavy atom.